The van der Waals surface area contributed by atoms with Crippen LogP contribution < -0.4 is 5.32 Å². The van der Waals surface area contributed by atoms with Crippen LogP contribution in [0.2, 0.25) is 0 Å². The van der Waals surface area contributed by atoms with Crippen molar-refractivity contribution in [3.8, 4) is 6.07 Å². The Hall–Kier alpha value is -1.47. The Labute approximate surface area is 111 Å². The van der Waals surface area contributed by atoms with Crippen LogP contribution in [0.4, 0.5) is 5.69 Å². The molecule has 92 valence electrons. The number of benzene rings is 1. The topological polar surface area (TPSA) is 52.9 Å². The predicted molar refractivity (Wildman–Crippen MR) is 71.4 cm³/mol. The molecule has 4 heteroatoms. The smallest absolute Gasteiger partial charge is 0.234 e. The van der Waals surface area contributed by atoms with E-state index in [0.29, 0.717) is 5.75 Å². The second-order valence-electron chi connectivity index (χ2n) is 5.09. The zero-order valence-corrected chi connectivity index (χ0v) is 10.8. The van der Waals surface area contributed by atoms with Crippen LogP contribution in [0.15, 0.2) is 23.1 Å². The summed E-state index contributed by atoms with van der Waals surface area (Å²) in [5.74, 6) is 0.553. The summed E-state index contributed by atoms with van der Waals surface area (Å²) in [6.07, 6.45) is 3.96. The van der Waals surface area contributed by atoms with Crippen LogP contribution in [0.1, 0.15) is 24.8 Å². The van der Waals surface area contributed by atoms with Crippen molar-refractivity contribution >= 4 is 23.4 Å². The van der Waals surface area contributed by atoms with Crippen LogP contribution in [-0.4, -0.2) is 11.7 Å². The van der Waals surface area contributed by atoms with Crippen molar-refractivity contribution in [2.24, 2.45) is 5.41 Å². The molecule has 0 radical (unpaired) electrons. The number of nitrogens with zero attached hydrogens (tertiary/aromatic N) is 1. The van der Waals surface area contributed by atoms with Crippen LogP contribution in [-0.2, 0) is 11.2 Å². The molecule has 0 bridgehead atoms. The van der Waals surface area contributed by atoms with Crippen molar-refractivity contribution in [1.82, 2.24) is 0 Å². The fraction of sp³-hybridized carbons (Fsp3) is 0.429. The summed E-state index contributed by atoms with van der Waals surface area (Å²) in [5, 5.41) is 12.2. The molecule has 18 heavy (non-hydrogen) atoms. The highest BCUT2D eigenvalue weighted by Crippen LogP contribution is 2.43. The highest BCUT2D eigenvalue weighted by Gasteiger charge is 2.37. The van der Waals surface area contributed by atoms with Crippen molar-refractivity contribution in [2.45, 2.75) is 30.6 Å². The molecule has 0 aromatic heterocycles. The van der Waals surface area contributed by atoms with Crippen molar-refractivity contribution in [1.29, 1.82) is 5.26 Å². The number of carbonyl (C=O) groups excluding carboxylic acids is 1. The van der Waals surface area contributed by atoms with Gasteiger partial charge in [-0.15, -0.1) is 11.8 Å². The molecule has 3 rings (SSSR count). The third-order valence-corrected chi connectivity index (χ3v) is 4.84. The lowest BCUT2D eigenvalue weighted by atomic mass is 9.66. The minimum atomic E-state index is -0.153. The highest BCUT2D eigenvalue weighted by molar-refractivity contribution is 8.00. The molecule has 1 aromatic rings. The van der Waals surface area contributed by atoms with Crippen LogP contribution in [0.25, 0.3) is 0 Å². The first kappa shape index (κ1) is 11.6. The fourth-order valence-corrected chi connectivity index (χ4v) is 3.35. The summed E-state index contributed by atoms with van der Waals surface area (Å²) in [6.45, 7) is 0. The lowest BCUT2D eigenvalue weighted by Gasteiger charge is -2.35. The fourth-order valence-electron chi connectivity index (χ4n) is 2.56. The Morgan fingerprint density at radius 2 is 2.28 bits per heavy atom. The van der Waals surface area contributed by atoms with E-state index in [1.54, 1.807) is 11.8 Å². The summed E-state index contributed by atoms with van der Waals surface area (Å²) in [5.41, 5.74) is 1.90. The monoisotopic (exact) mass is 258 g/mol. The third-order valence-electron chi connectivity index (χ3n) is 3.77. The number of anilines is 1. The molecule has 1 N–H and O–H groups in total. The molecule has 1 aliphatic heterocycles. The molecule has 1 heterocycles. The summed E-state index contributed by atoms with van der Waals surface area (Å²) in [7, 11) is 0. The summed E-state index contributed by atoms with van der Waals surface area (Å²) in [4.78, 5) is 12.5. The van der Waals surface area contributed by atoms with Gasteiger partial charge in [0.2, 0.25) is 5.91 Å². The largest absolute Gasteiger partial charge is 0.324 e. The van der Waals surface area contributed by atoms with Gasteiger partial charge >= 0.3 is 0 Å². The molecule has 0 spiro atoms. The van der Waals surface area contributed by atoms with E-state index < -0.39 is 0 Å². The van der Waals surface area contributed by atoms with Gasteiger partial charge in [0, 0.05) is 4.90 Å². The highest BCUT2D eigenvalue weighted by atomic mass is 32.2. The summed E-state index contributed by atoms with van der Waals surface area (Å²) >= 11 is 1.57. The van der Waals surface area contributed by atoms with E-state index in [9.17, 15) is 10.1 Å². The predicted octanol–water partition coefficient (Wildman–Crippen LogP) is 2.97. The molecule has 0 saturated heterocycles. The first-order chi connectivity index (χ1) is 8.71. The van der Waals surface area contributed by atoms with Crippen LogP contribution >= 0.6 is 11.8 Å². The zero-order valence-electron chi connectivity index (χ0n) is 10.0. The average molecular weight is 258 g/mol. The molecular weight excluding hydrogens is 244 g/mol. The lowest BCUT2D eigenvalue weighted by molar-refractivity contribution is -0.113. The molecule has 3 nitrogen and oxygen atoms in total. The molecule has 0 atom stereocenters. The Kier molecular flexibility index (Phi) is 2.79. The molecule has 1 fully saturated rings. The van der Waals surface area contributed by atoms with Gasteiger partial charge in [0.15, 0.2) is 0 Å². The van der Waals surface area contributed by atoms with Crippen molar-refractivity contribution in [3.63, 3.8) is 0 Å². The summed E-state index contributed by atoms with van der Waals surface area (Å²) < 4.78 is 0. The first-order valence-corrected chi connectivity index (χ1v) is 7.16. The van der Waals surface area contributed by atoms with Crippen LogP contribution in [0.3, 0.4) is 0 Å². The van der Waals surface area contributed by atoms with Crippen LogP contribution in [0, 0.1) is 16.7 Å². The van der Waals surface area contributed by atoms with Gasteiger partial charge in [0.25, 0.3) is 0 Å². The lowest BCUT2D eigenvalue weighted by Crippen LogP contribution is -2.30. The Morgan fingerprint density at radius 3 is 2.94 bits per heavy atom. The number of amides is 1. The standard InChI is InChI=1S/C14H14N2OS/c15-9-14(4-1-5-14)7-10-2-3-12-11(6-10)16-13(17)8-18-12/h2-3,6H,1,4-5,7-8H2,(H,16,17). The second-order valence-corrected chi connectivity index (χ2v) is 6.11. The van der Waals surface area contributed by atoms with Gasteiger partial charge in [-0.1, -0.05) is 12.5 Å². The number of nitriles is 1. The van der Waals surface area contributed by atoms with E-state index in [1.165, 1.54) is 0 Å². The van der Waals surface area contributed by atoms with Crippen molar-refractivity contribution in [2.75, 3.05) is 11.1 Å². The number of rotatable bonds is 2. The minimum absolute atomic E-state index is 0.0586. The van der Waals surface area contributed by atoms with Crippen molar-refractivity contribution in [3.05, 3.63) is 23.8 Å². The molecule has 1 aliphatic carbocycles. The second kappa shape index (κ2) is 4.33. The van der Waals surface area contributed by atoms with Crippen molar-refractivity contribution < 1.29 is 4.79 Å². The van der Waals surface area contributed by atoms with Gasteiger partial charge in [-0.2, -0.15) is 5.26 Å². The van der Waals surface area contributed by atoms with E-state index in [0.717, 1.165) is 41.8 Å². The van der Waals surface area contributed by atoms with Crippen LogP contribution in [0.5, 0.6) is 0 Å². The van der Waals surface area contributed by atoms with E-state index >= 15 is 0 Å². The van der Waals surface area contributed by atoms with Gasteiger partial charge in [0.1, 0.15) is 0 Å². The normalized spacial score (nSPS) is 20.3. The SMILES string of the molecule is N#CC1(Cc2ccc3c(c2)NC(=O)CS3)CCC1. The number of hydrogen-bond acceptors (Lipinski definition) is 3. The maximum absolute atomic E-state index is 11.4. The average Bonchev–Trinajstić information content (AvgIpc) is 2.33. The van der Waals surface area contributed by atoms with E-state index in [1.807, 2.05) is 6.07 Å². The first-order valence-electron chi connectivity index (χ1n) is 6.18. The molecule has 1 saturated carbocycles. The molecular formula is C14H14N2OS. The Balaban J connectivity index is 1.84. The van der Waals surface area contributed by atoms with Gasteiger partial charge in [-0.25, -0.2) is 0 Å². The maximum atomic E-state index is 11.4. The minimum Gasteiger partial charge on any atom is -0.324 e. The molecule has 1 amide bonds. The third kappa shape index (κ3) is 1.99. The van der Waals surface area contributed by atoms with E-state index in [4.69, 9.17) is 0 Å². The van der Waals surface area contributed by atoms with E-state index in [2.05, 4.69) is 23.5 Å². The van der Waals surface area contributed by atoms with Gasteiger partial charge in [0.05, 0.1) is 22.9 Å². The van der Waals surface area contributed by atoms with Gasteiger partial charge in [-0.05, 0) is 37.0 Å². The number of fused-ring (bicyclic) bond motifs is 1. The van der Waals surface area contributed by atoms with Gasteiger partial charge in [-0.3, -0.25) is 4.79 Å². The van der Waals surface area contributed by atoms with E-state index in [-0.39, 0.29) is 11.3 Å². The number of thioether (sulfide) groups is 1. The maximum Gasteiger partial charge on any atom is 0.234 e. The Bertz CT molecular complexity index is 543. The number of hydrogen-bond donors (Lipinski definition) is 1. The molecule has 0 unspecified atom stereocenters. The quantitative estimate of drug-likeness (QED) is 0.887. The number of carbonyl (C=O) groups is 1. The zero-order chi connectivity index (χ0) is 12.6. The Morgan fingerprint density at radius 1 is 1.44 bits per heavy atom. The molecule has 2 aliphatic rings. The summed E-state index contributed by atoms with van der Waals surface area (Å²) in [6, 6.07) is 8.62. The number of nitrogens with one attached hydrogen (secondary N) is 1. The van der Waals surface area contributed by atoms with Gasteiger partial charge < -0.3 is 5.32 Å². The molecule has 1 aromatic carbocycles.